The first kappa shape index (κ1) is 25.3. The van der Waals surface area contributed by atoms with Crippen molar-refractivity contribution in [2.45, 2.75) is 39.0 Å². The normalized spacial score (nSPS) is 15.7. The molecule has 0 aliphatic heterocycles. The molecule has 31 heavy (non-hydrogen) atoms. The zero-order chi connectivity index (χ0) is 23.0. The van der Waals surface area contributed by atoms with Gasteiger partial charge in [0.15, 0.2) is 0 Å². The number of rotatable bonds is 10. The number of anilines is 1. The summed E-state index contributed by atoms with van der Waals surface area (Å²) >= 11 is 7.17. The molecule has 4 N–H and O–H groups in total. The average Bonchev–Trinajstić information content (AvgIpc) is 2.68. The molecule has 0 heterocycles. The fourth-order valence-electron chi connectivity index (χ4n) is 3.69. The number of thioether (sulfide) groups is 1. The third kappa shape index (κ3) is 7.59. The summed E-state index contributed by atoms with van der Waals surface area (Å²) in [7, 11) is 4.36. The van der Waals surface area contributed by atoms with Crippen molar-refractivity contribution in [3.63, 3.8) is 0 Å². The van der Waals surface area contributed by atoms with Crippen LogP contribution in [0.1, 0.15) is 39.0 Å². The van der Waals surface area contributed by atoms with Gasteiger partial charge in [0.25, 0.3) is 5.91 Å². The fraction of sp³-hybridized carbons (Fsp3) is 0.478. The van der Waals surface area contributed by atoms with Gasteiger partial charge in [-0.1, -0.05) is 24.9 Å². The number of urea groups is 1. The van der Waals surface area contributed by atoms with E-state index in [1.165, 1.54) is 31.0 Å². The van der Waals surface area contributed by atoms with E-state index in [-0.39, 0.29) is 0 Å². The van der Waals surface area contributed by atoms with Crippen molar-refractivity contribution in [3.05, 3.63) is 51.7 Å². The molecular weight excluding hydrogens is 432 g/mol. The number of nitrogens with one attached hydrogen (secondary N) is 2. The number of benzene rings is 1. The number of nitrogens with zero attached hydrogens (tertiary/aromatic N) is 1. The Kier molecular flexibility index (Phi) is 9.47. The first-order chi connectivity index (χ1) is 14.7. The Balaban J connectivity index is 2.28. The fourth-order valence-corrected chi connectivity index (χ4v) is 4.39. The van der Waals surface area contributed by atoms with E-state index in [0.717, 1.165) is 31.0 Å². The quantitative estimate of drug-likeness (QED) is 0.256. The first-order valence-corrected chi connectivity index (χ1v) is 12.2. The molecule has 1 saturated carbocycles. The van der Waals surface area contributed by atoms with Crippen LogP contribution in [0.25, 0.3) is 0 Å². The number of quaternary nitrogens is 1. The van der Waals surface area contributed by atoms with Gasteiger partial charge in [-0.25, -0.2) is 4.79 Å². The van der Waals surface area contributed by atoms with Crippen molar-refractivity contribution in [1.29, 1.82) is 0 Å². The van der Waals surface area contributed by atoms with Crippen LogP contribution in [0.5, 0.6) is 0 Å². The topological polar surface area (TPSA) is 84.2 Å². The Bertz CT molecular complexity index is 846. The first-order valence-electron chi connectivity index (χ1n) is 10.6. The summed E-state index contributed by atoms with van der Waals surface area (Å²) in [6, 6.07) is 6.36. The van der Waals surface area contributed by atoms with Crippen LogP contribution in [0.2, 0.25) is 5.02 Å². The Hall–Kier alpha value is -1.96. The second-order valence-electron chi connectivity index (χ2n) is 8.45. The molecule has 1 aliphatic carbocycles. The molecule has 2 rings (SSSR count). The largest absolute Gasteiger partial charge is 0.366 e. The third-order valence-electron chi connectivity index (χ3n) is 5.58. The maximum absolute atomic E-state index is 12.5. The Morgan fingerprint density at radius 1 is 1.26 bits per heavy atom. The van der Waals surface area contributed by atoms with E-state index in [2.05, 4.69) is 31.7 Å². The highest BCUT2D eigenvalue weighted by atomic mass is 35.5. The van der Waals surface area contributed by atoms with Crippen molar-refractivity contribution in [2.24, 2.45) is 11.7 Å². The second kappa shape index (κ2) is 11.6. The van der Waals surface area contributed by atoms with Crippen molar-refractivity contribution in [2.75, 3.05) is 32.2 Å². The maximum Gasteiger partial charge on any atom is 0.324 e. The van der Waals surface area contributed by atoms with Gasteiger partial charge in [0.05, 0.1) is 31.2 Å². The summed E-state index contributed by atoms with van der Waals surface area (Å²) in [6.07, 6.45) is 9.33. The second-order valence-corrected chi connectivity index (χ2v) is 9.70. The summed E-state index contributed by atoms with van der Waals surface area (Å²) in [6.45, 7) is 3.16. The van der Waals surface area contributed by atoms with Crippen LogP contribution in [0.3, 0.4) is 0 Å². The van der Waals surface area contributed by atoms with Crippen LogP contribution < -0.4 is 16.4 Å². The summed E-state index contributed by atoms with van der Waals surface area (Å²) < 4.78 is 0.716. The highest BCUT2D eigenvalue weighted by Crippen LogP contribution is 2.32. The van der Waals surface area contributed by atoms with Gasteiger partial charge in [-0.05, 0) is 49.8 Å². The Morgan fingerprint density at radius 2 is 1.90 bits per heavy atom. The van der Waals surface area contributed by atoms with E-state index in [1.54, 1.807) is 24.3 Å². The molecule has 6 nitrogen and oxygen atoms in total. The SMILES string of the molecule is CCC/C(=C/C(C(N)=O)=C(/NC(=O)Nc1ccc(Cl)cc1)SC)[N+](C)(C)CC1CCC1. The number of carbonyl (C=O) groups excluding carboxylic acids is 2. The summed E-state index contributed by atoms with van der Waals surface area (Å²) in [4.78, 5) is 24.9. The lowest BCUT2D eigenvalue weighted by molar-refractivity contribution is -0.858. The van der Waals surface area contributed by atoms with Crippen LogP contribution in [0.4, 0.5) is 10.5 Å². The minimum absolute atomic E-state index is 0.321. The van der Waals surface area contributed by atoms with Crippen molar-refractivity contribution < 1.29 is 14.1 Å². The van der Waals surface area contributed by atoms with Crippen LogP contribution in [-0.4, -0.2) is 43.3 Å². The van der Waals surface area contributed by atoms with Crippen LogP contribution in [-0.2, 0) is 4.79 Å². The zero-order valence-corrected chi connectivity index (χ0v) is 20.4. The zero-order valence-electron chi connectivity index (χ0n) is 18.8. The number of hydrogen-bond donors (Lipinski definition) is 3. The molecule has 170 valence electrons. The lowest BCUT2D eigenvalue weighted by Crippen LogP contribution is -2.44. The van der Waals surface area contributed by atoms with Crippen LogP contribution in [0, 0.1) is 5.92 Å². The van der Waals surface area contributed by atoms with Gasteiger partial charge in [-0.3, -0.25) is 9.28 Å². The summed E-state index contributed by atoms with van der Waals surface area (Å²) in [5.74, 6) is 0.160. The van der Waals surface area contributed by atoms with Gasteiger partial charge in [-0.2, -0.15) is 0 Å². The van der Waals surface area contributed by atoms with Crippen LogP contribution in [0.15, 0.2) is 46.6 Å². The predicted molar refractivity (Wildman–Crippen MR) is 131 cm³/mol. The minimum Gasteiger partial charge on any atom is -0.366 e. The van der Waals surface area contributed by atoms with E-state index in [9.17, 15) is 9.59 Å². The molecule has 0 saturated heterocycles. The Labute approximate surface area is 194 Å². The standard InChI is InChI=1S/C23H33ClN4O2S/c1-5-7-19(28(2,3)15-16-8-6-9-16)14-20(21(25)29)22(31-4)27-23(30)26-18-12-10-17(24)11-13-18/h10-14,16H,5-9,15H2,1-4H3,(H3-,25,26,27,29,30)/p+1/b19-14-. The van der Waals surface area contributed by atoms with Gasteiger partial charge in [0, 0.05) is 29.1 Å². The number of primary amides is 1. The van der Waals surface area contributed by atoms with Crippen molar-refractivity contribution >= 4 is 41.0 Å². The maximum atomic E-state index is 12.5. The van der Waals surface area contributed by atoms with E-state index in [4.69, 9.17) is 17.3 Å². The summed E-state index contributed by atoms with van der Waals surface area (Å²) in [5, 5.41) is 6.54. The van der Waals surface area contributed by atoms with Crippen molar-refractivity contribution in [3.8, 4) is 0 Å². The van der Waals surface area contributed by atoms with E-state index in [0.29, 0.717) is 25.8 Å². The minimum atomic E-state index is -0.562. The van der Waals surface area contributed by atoms with Crippen LogP contribution >= 0.6 is 23.4 Å². The summed E-state index contributed by atoms with van der Waals surface area (Å²) in [5.41, 5.74) is 7.79. The number of hydrogen-bond acceptors (Lipinski definition) is 3. The molecule has 1 fully saturated rings. The molecule has 1 aromatic carbocycles. The number of carbonyl (C=O) groups is 2. The van der Waals surface area contributed by atoms with E-state index >= 15 is 0 Å². The molecule has 1 aliphatic rings. The number of halogens is 1. The highest BCUT2D eigenvalue weighted by Gasteiger charge is 2.30. The smallest absolute Gasteiger partial charge is 0.324 e. The molecule has 0 atom stereocenters. The molecule has 0 radical (unpaired) electrons. The molecule has 0 unspecified atom stereocenters. The lowest BCUT2D eigenvalue weighted by atomic mass is 9.84. The molecule has 0 aromatic heterocycles. The van der Waals surface area contributed by atoms with Gasteiger partial charge in [-0.15, -0.1) is 11.8 Å². The third-order valence-corrected chi connectivity index (χ3v) is 6.56. The van der Waals surface area contributed by atoms with E-state index < -0.39 is 11.9 Å². The predicted octanol–water partition coefficient (Wildman–Crippen LogP) is 5.08. The molecule has 0 bridgehead atoms. The van der Waals surface area contributed by atoms with E-state index in [1.807, 2.05) is 12.3 Å². The van der Waals surface area contributed by atoms with Gasteiger partial charge in [0.2, 0.25) is 0 Å². The molecule has 8 heteroatoms. The van der Waals surface area contributed by atoms with Gasteiger partial charge >= 0.3 is 6.03 Å². The Morgan fingerprint density at radius 3 is 2.39 bits per heavy atom. The van der Waals surface area contributed by atoms with Gasteiger partial charge < -0.3 is 16.4 Å². The molecule has 0 spiro atoms. The molecule has 3 amide bonds. The van der Waals surface area contributed by atoms with Crippen molar-refractivity contribution in [1.82, 2.24) is 5.32 Å². The average molecular weight is 466 g/mol. The molecule has 1 aromatic rings. The van der Waals surface area contributed by atoms with Gasteiger partial charge in [0.1, 0.15) is 5.70 Å². The molecular formula is C23H34ClN4O2S+. The lowest BCUT2D eigenvalue weighted by Gasteiger charge is -2.38. The number of nitrogens with two attached hydrogens (primary N) is 1. The monoisotopic (exact) mass is 465 g/mol. The highest BCUT2D eigenvalue weighted by molar-refractivity contribution is 8.02. The number of allylic oxidation sites excluding steroid dienone is 1. The number of amides is 3.